The molecular formula is C27H22Cl2N4O4. The van der Waals surface area contributed by atoms with Crippen molar-refractivity contribution >= 4 is 57.6 Å². The third-order valence-corrected chi connectivity index (χ3v) is 6.33. The first-order valence-corrected chi connectivity index (χ1v) is 12.1. The van der Waals surface area contributed by atoms with Gasteiger partial charge in [-0.1, -0.05) is 47.5 Å². The number of hydrogen-bond donors (Lipinski definition) is 2. The Morgan fingerprint density at radius 3 is 2.38 bits per heavy atom. The molecule has 4 aromatic rings. The van der Waals surface area contributed by atoms with Crippen LogP contribution in [0.5, 0.6) is 0 Å². The highest BCUT2D eigenvalue weighted by Gasteiger charge is 2.29. The number of carbonyl (C=O) groups excluding carboxylic acids is 3. The van der Waals surface area contributed by atoms with E-state index in [4.69, 9.17) is 33.7 Å². The van der Waals surface area contributed by atoms with Crippen LogP contribution in [0.3, 0.4) is 0 Å². The number of fused-ring (bicyclic) bond motifs is 1. The number of rotatable bonds is 8. The quantitative estimate of drug-likeness (QED) is 0.299. The number of esters is 1. The van der Waals surface area contributed by atoms with Crippen molar-refractivity contribution in [3.8, 4) is 0 Å². The molecule has 0 saturated heterocycles. The number of ether oxygens (including phenoxy) is 1. The minimum Gasteiger partial charge on any atom is -0.462 e. The molecule has 3 N–H and O–H groups in total. The Morgan fingerprint density at radius 2 is 1.73 bits per heavy atom. The molecular weight excluding hydrogens is 515 g/mol. The van der Waals surface area contributed by atoms with Crippen LogP contribution in [0, 0.1) is 0 Å². The molecule has 0 saturated carbocycles. The van der Waals surface area contributed by atoms with Crippen LogP contribution in [0.2, 0.25) is 10.0 Å². The van der Waals surface area contributed by atoms with E-state index in [2.05, 4.69) is 15.3 Å². The SMILES string of the molecule is CCOC(=O)c1cnc2c(NC(=O)c3c(Cl)cccc3Cl)cccc2c1C(Cc1ccccn1)C(N)=O. The van der Waals surface area contributed by atoms with E-state index in [0.29, 0.717) is 27.8 Å². The van der Waals surface area contributed by atoms with Gasteiger partial charge in [0.25, 0.3) is 5.91 Å². The molecule has 10 heteroatoms. The van der Waals surface area contributed by atoms with Gasteiger partial charge in [0.05, 0.1) is 44.9 Å². The topological polar surface area (TPSA) is 124 Å². The van der Waals surface area contributed by atoms with Gasteiger partial charge in [0, 0.05) is 29.9 Å². The van der Waals surface area contributed by atoms with Crippen molar-refractivity contribution < 1.29 is 19.1 Å². The number of nitrogens with one attached hydrogen (secondary N) is 1. The summed E-state index contributed by atoms with van der Waals surface area (Å²) < 4.78 is 5.23. The Balaban J connectivity index is 1.87. The predicted molar refractivity (Wildman–Crippen MR) is 142 cm³/mol. The fraction of sp³-hybridized carbons (Fsp3) is 0.148. The van der Waals surface area contributed by atoms with Gasteiger partial charge >= 0.3 is 5.97 Å². The predicted octanol–water partition coefficient (Wildman–Crippen LogP) is 5.18. The van der Waals surface area contributed by atoms with Gasteiger partial charge in [0.2, 0.25) is 5.91 Å². The number of para-hydroxylation sites is 1. The Bertz CT molecular complexity index is 1470. The molecule has 4 rings (SSSR count). The number of carbonyl (C=O) groups is 3. The molecule has 2 amide bonds. The monoisotopic (exact) mass is 536 g/mol. The first-order valence-electron chi connectivity index (χ1n) is 11.3. The molecule has 0 aliphatic heterocycles. The molecule has 0 radical (unpaired) electrons. The third-order valence-electron chi connectivity index (χ3n) is 5.70. The summed E-state index contributed by atoms with van der Waals surface area (Å²) in [7, 11) is 0. The van der Waals surface area contributed by atoms with E-state index in [1.54, 1.807) is 67.7 Å². The number of benzene rings is 2. The second-order valence-electron chi connectivity index (χ2n) is 8.04. The van der Waals surface area contributed by atoms with Crippen LogP contribution >= 0.6 is 23.2 Å². The molecule has 0 bridgehead atoms. The van der Waals surface area contributed by atoms with E-state index in [9.17, 15) is 14.4 Å². The Kier molecular flexibility index (Phi) is 8.01. The van der Waals surface area contributed by atoms with Crippen LogP contribution in [0.4, 0.5) is 5.69 Å². The molecule has 0 spiro atoms. The molecule has 2 heterocycles. The summed E-state index contributed by atoms with van der Waals surface area (Å²) in [6, 6.07) is 15.1. The number of primary amides is 1. The smallest absolute Gasteiger partial charge is 0.340 e. The number of anilines is 1. The van der Waals surface area contributed by atoms with Crippen molar-refractivity contribution in [1.82, 2.24) is 9.97 Å². The van der Waals surface area contributed by atoms with E-state index in [1.807, 2.05) is 0 Å². The molecule has 8 nitrogen and oxygen atoms in total. The van der Waals surface area contributed by atoms with E-state index in [1.165, 1.54) is 6.20 Å². The maximum absolute atomic E-state index is 13.1. The number of amides is 2. The lowest BCUT2D eigenvalue weighted by Crippen LogP contribution is -2.26. The number of halogens is 2. The maximum Gasteiger partial charge on any atom is 0.340 e. The van der Waals surface area contributed by atoms with Gasteiger partial charge in [-0.3, -0.25) is 19.6 Å². The van der Waals surface area contributed by atoms with Crippen LogP contribution in [-0.2, 0) is 16.0 Å². The molecule has 1 unspecified atom stereocenters. The number of nitrogens with two attached hydrogens (primary N) is 1. The maximum atomic E-state index is 13.1. The van der Waals surface area contributed by atoms with Crippen LogP contribution in [0.1, 0.15) is 44.8 Å². The minimum absolute atomic E-state index is 0.103. The molecule has 188 valence electrons. The Labute approximate surface area is 222 Å². The largest absolute Gasteiger partial charge is 0.462 e. The Hall–Kier alpha value is -4.01. The lowest BCUT2D eigenvalue weighted by Gasteiger charge is -2.20. The average Bonchev–Trinajstić information content (AvgIpc) is 2.87. The van der Waals surface area contributed by atoms with Gasteiger partial charge in [0.15, 0.2) is 0 Å². The van der Waals surface area contributed by atoms with E-state index >= 15 is 0 Å². The standard InChI is InChI=1S/C27H22Cl2N4O4/c1-2-37-27(36)18-14-32-24-16(22(18)17(25(30)34)13-15-7-3-4-12-31-15)8-5-11-21(24)33-26(35)23-19(28)9-6-10-20(23)29/h3-12,14,17H,2,13H2,1H3,(H2,30,34)(H,33,35). The number of pyridine rings is 2. The summed E-state index contributed by atoms with van der Waals surface area (Å²) in [5.41, 5.74) is 7.68. The van der Waals surface area contributed by atoms with Gasteiger partial charge in [-0.05, 0) is 42.8 Å². The van der Waals surface area contributed by atoms with Crippen LogP contribution in [0.15, 0.2) is 67.0 Å². The molecule has 37 heavy (non-hydrogen) atoms. The van der Waals surface area contributed by atoms with Gasteiger partial charge in [-0.2, -0.15) is 0 Å². The summed E-state index contributed by atoms with van der Waals surface area (Å²) in [6.07, 6.45) is 3.08. The lowest BCUT2D eigenvalue weighted by atomic mass is 9.87. The number of aromatic nitrogens is 2. The third kappa shape index (κ3) is 5.55. The zero-order valence-electron chi connectivity index (χ0n) is 19.7. The summed E-state index contributed by atoms with van der Waals surface area (Å²) in [5, 5.41) is 3.61. The first-order chi connectivity index (χ1) is 17.8. The van der Waals surface area contributed by atoms with Gasteiger partial charge in [0.1, 0.15) is 0 Å². The normalized spacial score (nSPS) is 11.6. The van der Waals surface area contributed by atoms with Crippen LogP contribution in [-0.4, -0.2) is 34.4 Å². The van der Waals surface area contributed by atoms with Crippen LogP contribution < -0.4 is 11.1 Å². The molecule has 0 aliphatic rings. The molecule has 2 aromatic carbocycles. The lowest BCUT2D eigenvalue weighted by molar-refractivity contribution is -0.119. The fourth-order valence-electron chi connectivity index (χ4n) is 4.06. The first kappa shape index (κ1) is 26.1. The average molecular weight is 537 g/mol. The van der Waals surface area contributed by atoms with Gasteiger partial charge < -0.3 is 15.8 Å². The van der Waals surface area contributed by atoms with Crippen molar-refractivity contribution in [3.63, 3.8) is 0 Å². The molecule has 2 aromatic heterocycles. The summed E-state index contributed by atoms with van der Waals surface area (Å²) in [5.74, 6) is -2.76. The van der Waals surface area contributed by atoms with Crippen molar-refractivity contribution in [3.05, 3.63) is 99.4 Å². The summed E-state index contributed by atoms with van der Waals surface area (Å²) >= 11 is 12.4. The van der Waals surface area contributed by atoms with E-state index in [-0.39, 0.29) is 34.2 Å². The van der Waals surface area contributed by atoms with E-state index in [0.717, 1.165) is 0 Å². The van der Waals surface area contributed by atoms with Crippen molar-refractivity contribution in [2.45, 2.75) is 19.3 Å². The Morgan fingerprint density at radius 1 is 1.00 bits per heavy atom. The second-order valence-corrected chi connectivity index (χ2v) is 8.85. The van der Waals surface area contributed by atoms with Gasteiger partial charge in [-0.15, -0.1) is 0 Å². The van der Waals surface area contributed by atoms with Crippen LogP contribution in [0.25, 0.3) is 10.9 Å². The minimum atomic E-state index is -0.927. The number of nitrogens with zero attached hydrogens (tertiary/aromatic N) is 2. The highest BCUT2D eigenvalue weighted by atomic mass is 35.5. The molecule has 1 atom stereocenters. The second kappa shape index (κ2) is 11.4. The van der Waals surface area contributed by atoms with Crippen molar-refractivity contribution in [1.29, 1.82) is 0 Å². The summed E-state index contributed by atoms with van der Waals surface area (Å²) in [6.45, 7) is 1.81. The fourth-order valence-corrected chi connectivity index (χ4v) is 4.63. The molecule has 0 aliphatic carbocycles. The highest BCUT2D eigenvalue weighted by molar-refractivity contribution is 6.40. The zero-order valence-corrected chi connectivity index (χ0v) is 21.2. The van der Waals surface area contributed by atoms with Gasteiger partial charge in [-0.25, -0.2) is 4.79 Å². The van der Waals surface area contributed by atoms with Crippen molar-refractivity contribution in [2.75, 3.05) is 11.9 Å². The number of hydrogen-bond acceptors (Lipinski definition) is 6. The van der Waals surface area contributed by atoms with E-state index < -0.39 is 23.7 Å². The zero-order chi connectivity index (χ0) is 26.5. The van der Waals surface area contributed by atoms with Crippen molar-refractivity contribution in [2.24, 2.45) is 5.73 Å². The summed E-state index contributed by atoms with van der Waals surface area (Å²) in [4.78, 5) is 47.4. The highest BCUT2D eigenvalue weighted by Crippen LogP contribution is 2.34. The molecule has 0 fully saturated rings.